The lowest BCUT2D eigenvalue weighted by molar-refractivity contribution is -0.0631. The third-order valence-electron chi connectivity index (χ3n) is 3.43. The van der Waals surface area contributed by atoms with Crippen LogP contribution in [0.2, 0.25) is 0 Å². The minimum Gasteiger partial charge on any atom is -0.398 e. The Balaban J connectivity index is 2.19. The third kappa shape index (κ3) is 2.83. The number of aryl methyl sites for hydroxylation is 1. The van der Waals surface area contributed by atoms with Crippen molar-refractivity contribution in [2.45, 2.75) is 62.4 Å². The van der Waals surface area contributed by atoms with Crippen LogP contribution in [-0.2, 0) is 4.74 Å². The van der Waals surface area contributed by atoms with Gasteiger partial charge in [0.2, 0.25) is 0 Å². The summed E-state index contributed by atoms with van der Waals surface area (Å²) in [6, 6.07) is 6.28. The number of nitrogens with two attached hydrogens (primary N) is 1. The Hall–Kier alpha value is -0.670. The largest absolute Gasteiger partial charge is 0.398 e. The van der Waals surface area contributed by atoms with Crippen molar-refractivity contribution in [1.82, 2.24) is 0 Å². The Morgan fingerprint density at radius 2 is 1.94 bits per heavy atom. The second kappa shape index (κ2) is 4.46. The van der Waals surface area contributed by atoms with Gasteiger partial charge in [0.25, 0.3) is 0 Å². The average molecular weight is 265 g/mol. The first kappa shape index (κ1) is 13.8. The van der Waals surface area contributed by atoms with Gasteiger partial charge < -0.3 is 10.5 Å². The summed E-state index contributed by atoms with van der Waals surface area (Å²) in [5.41, 5.74) is 8.03. The number of ether oxygens (including phenoxy) is 1. The predicted molar refractivity (Wildman–Crippen MR) is 79.1 cm³/mol. The first-order valence-corrected chi connectivity index (χ1v) is 7.30. The molecule has 1 aliphatic rings. The van der Waals surface area contributed by atoms with Crippen molar-refractivity contribution >= 4 is 17.4 Å². The molecule has 1 aromatic rings. The van der Waals surface area contributed by atoms with E-state index in [0.717, 1.165) is 12.1 Å². The van der Waals surface area contributed by atoms with Gasteiger partial charge in [-0.1, -0.05) is 6.07 Å². The van der Waals surface area contributed by atoms with Crippen molar-refractivity contribution in [3.8, 4) is 0 Å². The third-order valence-corrected chi connectivity index (χ3v) is 5.07. The van der Waals surface area contributed by atoms with E-state index in [4.69, 9.17) is 10.5 Å². The quantitative estimate of drug-likeness (QED) is 0.820. The van der Waals surface area contributed by atoms with Gasteiger partial charge in [0.05, 0.1) is 11.2 Å². The molecule has 0 radical (unpaired) electrons. The summed E-state index contributed by atoms with van der Waals surface area (Å²) in [5, 5.41) is 0.442. The fraction of sp³-hybridized carbons (Fsp3) is 0.600. The zero-order valence-corrected chi connectivity index (χ0v) is 12.7. The smallest absolute Gasteiger partial charge is 0.0756 e. The summed E-state index contributed by atoms with van der Waals surface area (Å²) < 4.78 is 6.12. The van der Waals surface area contributed by atoms with Crippen molar-refractivity contribution in [3.63, 3.8) is 0 Å². The predicted octanol–water partition coefficient (Wildman–Crippen LogP) is 4.02. The van der Waals surface area contributed by atoms with Gasteiger partial charge >= 0.3 is 0 Å². The molecule has 0 aromatic heterocycles. The van der Waals surface area contributed by atoms with Gasteiger partial charge in [-0.3, -0.25) is 0 Å². The molecule has 2 rings (SSSR count). The molecule has 1 unspecified atom stereocenters. The number of rotatable bonds is 2. The van der Waals surface area contributed by atoms with Crippen molar-refractivity contribution < 1.29 is 4.74 Å². The van der Waals surface area contributed by atoms with Crippen molar-refractivity contribution in [1.29, 1.82) is 0 Å². The van der Waals surface area contributed by atoms with Crippen molar-refractivity contribution in [3.05, 3.63) is 23.8 Å². The first-order chi connectivity index (χ1) is 8.20. The van der Waals surface area contributed by atoms with E-state index in [1.54, 1.807) is 0 Å². The van der Waals surface area contributed by atoms with Crippen molar-refractivity contribution in [2.24, 2.45) is 0 Å². The highest BCUT2D eigenvalue weighted by molar-refractivity contribution is 8.00. The molecule has 1 fully saturated rings. The van der Waals surface area contributed by atoms with E-state index in [9.17, 15) is 0 Å². The molecule has 2 N–H and O–H groups in total. The number of hydrogen-bond acceptors (Lipinski definition) is 3. The topological polar surface area (TPSA) is 35.2 Å². The van der Waals surface area contributed by atoms with Gasteiger partial charge in [-0.2, -0.15) is 0 Å². The lowest BCUT2D eigenvalue weighted by Crippen LogP contribution is -2.30. The molecule has 1 heterocycles. The number of anilines is 1. The molecular formula is C15H23NOS. The minimum atomic E-state index is -0.106. The summed E-state index contributed by atoms with van der Waals surface area (Å²) in [4.78, 5) is 1.17. The Morgan fingerprint density at radius 3 is 2.44 bits per heavy atom. The van der Waals surface area contributed by atoms with Crippen LogP contribution < -0.4 is 5.73 Å². The van der Waals surface area contributed by atoms with Crippen LogP contribution in [0.25, 0.3) is 0 Å². The van der Waals surface area contributed by atoms with Gasteiger partial charge in [0, 0.05) is 15.8 Å². The lowest BCUT2D eigenvalue weighted by atomic mass is 10.0. The molecule has 0 amide bonds. The van der Waals surface area contributed by atoms with Crippen LogP contribution in [0, 0.1) is 6.92 Å². The molecule has 2 nitrogen and oxygen atoms in total. The maximum atomic E-state index is 6.12. The van der Waals surface area contributed by atoms with E-state index in [1.807, 2.05) is 17.8 Å². The zero-order chi connectivity index (χ0) is 13.6. The minimum absolute atomic E-state index is 0.0410. The molecule has 18 heavy (non-hydrogen) atoms. The number of benzene rings is 1. The maximum absolute atomic E-state index is 6.12. The van der Waals surface area contributed by atoms with Crippen LogP contribution in [-0.4, -0.2) is 16.5 Å². The number of thioether (sulfide) groups is 1. The summed E-state index contributed by atoms with van der Waals surface area (Å²) in [6.07, 6.45) is 1.05. The summed E-state index contributed by atoms with van der Waals surface area (Å²) in [6.45, 7) is 10.7. The summed E-state index contributed by atoms with van der Waals surface area (Å²) in [5.74, 6) is 0. The van der Waals surface area contributed by atoms with Crippen molar-refractivity contribution in [2.75, 3.05) is 5.73 Å². The van der Waals surface area contributed by atoms with Gasteiger partial charge in [0.15, 0.2) is 0 Å². The average Bonchev–Trinajstić information content (AvgIpc) is 2.39. The monoisotopic (exact) mass is 265 g/mol. The molecular weight excluding hydrogens is 242 g/mol. The standard InChI is InChI=1S/C15H23NOS/c1-10-6-7-12(11(16)8-10)18-13-9-14(2,3)17-15(13,4)5/h6-8,13H,9,16H2,1-5H3. The van der Waals surface area contributed by atoms with Crippen LogP contribution >= 0.6 is 11.8 Å². The molecule has 0 saturated carbocycles. The second-order valence-corrected chi connectivity index (χ2v) is 7.56. The van der Waals surface area contributed by atoms with Crippen LogP contribution in [0.15, 0.2) is 23.1 Å². The highest BCUT2D eigenvalue weighted by Gasteiger charge is 2.46. The van der Waals surface area contributed by atoms with E-state index in [2.05, 4.69) is 46.8 Å². The van der Waals surface area contributed by atoms with Crippen LogP contribution in [0.1, 0.15) is 39.7 Å². The van der Waals surface area contributed by atoms with E-state index >= 15 is 0 Å². The summed E-state index contributed by atoms with van der Waals surface area (Å²) in [7, 11) is 0. The summed E-state index contributed by atoms with van der Waals surface area (Å²) >= 11 is 1.85. The van der Waals surface area contributed by atoms with Gasteiger partial charge in [-0.15, -0.1) is 11.8 Å². The fourth-order valence-electron chi connectivity index (χ4n) is 2.62. The molecule has 3 heteroatoms. The first-order valence-electron chi connectivity index (χ1n) is 6.43. The molecule has 0 aliphatic carbocycles. The molecule has 1 aliphatic heterocycles. The molecule has 1 aromatic carbocycles. The second-order valence-electron chi connectivity index (χ2n) is 6.32. The van der Waals surface area contributed by atoms with Gasteiger partial charge in [0.1, 0.15) is 0 Å². The van der Waals surface area contributed by atoms with E-state index in [-0.39, 0.29) is 11.2 Å². The molecule has 1 saturated heterocycles. The van der Waals surface area contributed by atoms with Crippen LogP contribution in [0.3, 0.4) is 0 Å². The molecule has 0 spiro atoms. The normalized spacial score (nSPS) is 25.3. The van der Waals surface area contributed by atoms with Crippen LogP contribution in [0.5, 0.6) is 0 Å². The highest BCUT2D eigenvalue weighted by atomic mass is 32.2. The van der Waals surface area contributed by atoms with Gasteiger partial charge in [-0.05, 0) is 58.7 Å². The highest BCUT2D eigenvalue weighted by Crippen LogP contribution is 2.47. The molecule has 0 bridgehead atoms. The Morgan fingerprint density at radius 1 is 1.28 bits per heavy atom. The number of hydrogen-bond donors (Lipinski definition) is 1. The SMILES string of the molecule is Cc1ccc(SC2CC(C)(C)OC2(C)C)c(N)c1. The lowest BCUT2D eigenvalue weighted by Gasteiger charge is -2.27. The number of nitrogen functional groups attached to an aromatic ring is 1. The van der Waals surface area contributed by atoms with Gasteiger partial charge in [-0.25, -0.2) is 0 Å². The van der Waals surface area contributed by atoms with E-state index < -0.39 is 0 Å². The molecule has 100 valence electrons. The van der Waals surface area contributed by atoms with E-state index in [1.165, 1.54) is 10.5 Å². The zero-order valence-electron chi connectivity index (χ0n) is 11.9. The fourth-order valence-corrected chi connectivity index (χ4v) is 4.09. The maximum Gasteiger partial charge on any atom is 0.0756 e. The molecule has 1 atom stereocenters. The Labute approximate surface area is 114 Å². The van der Waals surface area contributed by atoms with Crippen LogP contribution in [0.4, 0.5) is 5.69 Å². The Bertz CT molecular complexity index is 454. The van der Waals surface area contributed by atoms with E-state index in [0.29, 0.717) is 5.25 Å². The Kier molecular flexibility index (Phi) is 3.41.